The zero-order valence-corrected chi connectivity index (χ0v) is 13.3. The van der Waals surface area contributed by atoms with Gasteiger partial charge >= 0.3 is 0 Å². The molecule has 3 nitrogen and oxygen atoms in total. The van der Waals surface area contributed by atoms with E-state index in [1.165, 1.54) is 25.7 Å². The number of hydrogen-bond donors (Lipinski definition) is 2. The van der Waals surface area contributed by atoms with Crippen molar-refractivity contribution in [2.45, 2.75) is 44.2 Å². The minimum atomic E-state index is -0.970. The number of benzene rings is 1. The maximum atomic E-state index is 12.6. The Balaban J connectivity index is 1.72. The molecule has 2 saturated carbocycles. The monoisotopic (exact) mass is 336 g/mol. The zero-order chi connectivity index (χ0) is 14.3. The minimum Gasteiger partial charge on any atom is -0.351 e. The summed E-state index contributed by atoms with van der Waals surface area (Å²) in [5, 5.41) is 3.22. The quantitative estimate of drug-likeness (QED) is 0.868. The second-order valence-corrected chi connectivity index (χ2v) is 7.30. The zero-order valence-electron chi connectivity index (χ0n) is 11.7. The van der Waals surface area contributed by atoms with Crippen LogP contribution in [-0.2, 0) is 10.3 Å². The molecule has 0 aromatic heterocycles. The smallest absolute Gasteiger partial charge is 0.244 e. The van der Waals surface area contributed by atoms with E-state index < -0.39 is 5.54 Å². The molecule has 2 aliphatic carbocycles. The molecule has 0 bridgehead atoms. The molecule has 1 atom stereocenters. The van der Waals surface area contributed by atoms with Gasteiger partial charge in [0.2, 0.25) is 5.91 Å². The van der Waals surface area contributed by atoms with Gasteiger partial charge in [-0.15, -0.1) is 0 Å². The van der Waals surface area contributed by atoms with Gasteiger partial charge in [0.05, 0.1) is 0 Å². The molecular weight excluding hydrogens is 316 g/mol. The highest BCUT2D eigenvalue weighted by Crippen LogP contribution is 2.44. The van der Waals surface area contributed by atoms with Gasteiger partial charge in [-0.05, 0) is 62.1 Å². The second-order valence-electron chi connectivity index (χ2n) is 6.38. The normalized spacial score (nSPS) is 21.6. The highest BCUT2D eigenvalue weighted by molar-refractivity contribution is 9.10. The summed E-state index contributed by atoms with van der Waals surface area (Å²) in [5.41, 5.74) is 6.17. The largest absolute Gasteiger partial charge is 0.351 e. The molecule has 4 heteroatoms. The molecule has 0 spiro atoms. The number of amides is 1. The average molecular weight is 337 g/mol. The number of rotatable bonds is 5. The van der Waals surface area contributed by atoms with Crippen LogP contribution in [-0.4, -0.2) is 11.9 Å². The van der Waals surface area contributed by atoms with Gasteiger partial charge in [0.15, 0.2) is 0 Å². The fraction of sp³-hybridized carbons (Fsp3) is 0.562. The fourth-order valence-corrected chi connectivity index (χ4v) is 3.02. The molecule has 2 fully saturated rings. The van der Waals surface area contributed by atoms with Crippen molar-refractivity contribution in [1.29, 1.82) is 0 Å². The predicted molar refractivity (Wildman–Crippen MR) is 83.1 cm³/mol. The summed E-state index contributed by atoms with van der Waals surface area (Å²) in [6, 6.07) is 8.01. The first kappa shape index (κ1) is 14.1. The van der Waals surface area contributed by atoms with E-state index in [2.05, 4.69) is 21.2 Å². The summed E-state index contributed by atoms with van der Waals surface area (Å²) in [6.07, 6.45) is 5.00. The Morgan fingerprint density at radius 1 is 1.25 bits per heavy atom. The van der Waals surface area contributed by atoms with Gasteiger partial charge in [0.25, 0.3) is 0 Å². The van der Waals surface area contributed by atoms with Crippen molar-refractivity contribution in [1.82, 2.24) is 5.32 Å². The SMILES string of the molecule is CC(N)(C(=O)NC(C1CC1)C1CC1)c1ccc(Br)cc1. The first-order valence-corrected chi connectivity index (χ1v) is 8.13. The maximum Gasteiger partial charge on any atom is 0.244 e. The van der Waals surface area contributed by atoms with E-state index >= 15 is 0 Å². The Hall–Kier alpha value is -0.870. The summed E-state index contributed by atoms with van der Waals surface area (Å²) >= 11 is 3.40. The lowest BCUT2D eigenvalue weighted by Gasteiger charge is -2.28. The first-order valence-electron chi connectivity index (χ1n) is 7.34. The second kappa shape index (κ2) is 5.15. The van der Waals surface area contributed by atoms with Crippen molar-refractivity contribution in [3.8, 4) is 0 Å². The Morgan fingerprint density at radius 3 is 2.20 bits per heavy atom. The molecule has 20 heavy (non-hydrogen) atoms. The van der Waals surface area contributed by atoms with Gasteiger partial charge in [0, 0.05) is 10.5 Å². The summed E-state index contributed by atoms with van der Waals surface area (Å²) in [7, 11) is 0. The van der Waals surface area contributed by atoms with E-state index in [1.807, 2.05) is 24.3 Å². The van der Waals surface area contributed by atoms with E-state index in [1.54, 1.807) is 6.92 Å². The highest BCUT2D eigenvalue weighted by atomic mass is 79.9. The number of halogens is 1. The first-order chi connectivity index (χ1) is 9.48. The molecule has 2 aliphatic rings. The summed E-state index contributed by atoms with van der Waals surface area (Å²) in [5.74, 6) is 1.32. The van der Waals surface area contributed by atoms with Crippen molar-refractivity contribution in [3.05, 3.63) is 34.3 Å². The lowest BCUT2D eigenvalue weighted by Crippen LogP contribution is -2.53. The maximum absolute atomic E-state index is 12.6. The molecule has 1 amide bonds. The molecule has 3 N–H and O–H groups in total. The molecule has 0 saturated heterocycles. The van der Waals surface area contributed by atoms with Crippen LogP contribution in [0, 0.1) is 11.8 Å². The topological polar surface area (TPSA) is 55.1 Å². The van der Waals surface area contributed by atoms with Crippen molar-refractivity contribution < 1.29 is 4.79 Å². The molecule has 0 heterocycles. The number of hydrogen-bond acceptors (Lipinski definition) is 2. The Kier molecular flexibility index (Phi) is 3.63. The van der Waals surface area contributed by atoms with Gasteiger partial charge in [-0.1, -0.05) is 28.1 Å². The van der Waals surface area contributed by atoms with Crippen LogP contribution in [0.1, 0.15) is 38.2 Å². The van der Waals surface area contributed by atoms with Crippen LogP contribution in [0.15, 0.2) is 28.7 Å². The fourth-order valence-electron chi connectivity index (χ4n) is 2.76. The predicted octanol–water partition coefficient (Wildman–Crippen LogP) is 2.93. The average Bonchev–Trinajstić information content (AvgIpc) is 3.28. The number of nitrogens with one attached hydrogen (secondary N) is 1. The van der Waals surface area contributed by atoms with Crippen LogP contribution in [0.2, 0.25) is 0 Å². The van der Waals surface area contributed by atoms with Crippen LogP contribution in [0.25, 0.3) is 0 Å². The summed E-state index contributed by atoms with van der Waals surface area (Å²) in [4.78, 5) is 12.6. The molecule has 1 aromatic rings. The summed E-state index contributed by atoms with van der Waals surface area (Å²) in [6.45, 7) is 1.79. The van der Waals surface area contributed by atoms with Crippen LogP contribution >= 0.6 is 15.9 Å². The van der Waals surface area contributed by atoms with E-state index in [0.29, 0.717) is 17.9 Å². The van der Waals surface area contributed by atoms with Gasteiger partial charge in [-0.2, -0.15) is 0 Å². The third-order valence-electron chi connectivity index (χ3n) is 4.47. The lowest BCUT2D eigenvalue weighted by atomic mass is 9.91. The highest BCUT2D eigenvalue weighted by Gasteiger charge is 2.44. The van der Waals surface area contributed by atoms with E-state index in [9.17, 15) is 4.79 Å². The van der Waals surface area contributed by atoms with Crippen LogP contribution in [0.3, 0.4) is 0 Å². The molecule has 0 radical (unpaired) electrons. The van der Waals surface area contributed by atoms with E-state index in [-0.39, 0.29) is 5.91 Å². The van der Waals surface area contributed by atoms with E-state index in [0.717, 1.165) is 10.0 Å². The van der Waals surface area contributed by atoms with Crippen LogP contribution < -0.4 is 11.1 Å². The Labute approximate surface area is 128 Å². The Morgan fingerprint density at radius 2 is 1.75 bits per heavy atom. The van der Waals surface area contributed by atoms with Crippen LogP contribution in [0.4, 0.5) is 0 Å². The van der Waals surface area contributed by atoms with Crippen molar-refractivity contribution in [2.75, 3.05) is 0 Å². The number of carbonyl (C=O) groups excluding carboxylic acids is 1. The van der Waals surface area contributed by atoms with Gasteiger partial charge in [-0.3, -0.25) is 4.79 Å². The third kappa shape index (κ3) is 2.91. The molecule has 108 valence electrons. The lowest BCUT2D eigenvalue weighted by molar-refractivity contribution is -0.127. The molecule has 1 unspecified atom stereocenters. The number of carbonyl (C=O) groups is 1. The molecular formula is C16H21BrN2O. The molecule has 3 rings (SSSR count). The standard InChI is InChI=1S/C16H21BrN2O/c1-16(18,12-6-8-13(17)9-7-12)15(20)19-14(10-2-3-10)11-4-5-11/h6-11,14H,2-5,18H2,1H3,(H,19,20). The van der Waals surface area contributed by atoms with Gasteiger partial charge in [-0.25, -0.2) is 0 Å². The van der Waals surface area contributed by atoms with Crippen molar-refractivity contribution >= 4 is 21.8 Å². The number of nitrogens with two attached hydrogens (primary N) is 1. The molecule has 1 aromatic carbocycles. The van der Waals surface area contributed by atoms with Crippen molar-refractivity contribution in [2.24, 2.45) is 17.6 Å². The Bertz CT molecular complexity index is 492. The third-order valence-corrected chi connectivity index (χ3v) is 5.00. The van der Waals surface area contributed by atoms with E-state index in [4.69, 9.17) is 5.73 Å². The van der Waals surface area contributed by atoms with Crippen molar-refractivity contribution in [3.63, 3.8) is 0 Å². The van der Waals surface area contributed by atoms with Crippen LogP contribution in [0.5, 0.6) is 0 Å². The molecule has 0 aliphatic heterocycles. The summed E-state index contributed by atoms with van der Waals surface area (Å²) < 4.78 is 0.992. The minimum absolute atomic E-state index is 0.0522. The van der Waals surface area contributed by atoms with Gasteiger partial charge < -0.3 is 11.1 Å². The van der Waals surface area contributed by atoms with Gasteiger partial charge in [0.1, 0.15) is 5.54 Å².